The standard InChI is InChI=1S/C19H20ClNO4/c1-3-13-5-8-15(9-6-13)25-12-18(22)21-14-7-10-16(17(20)11-14)19(23)24-4-2/h5-11H,3-4,12H2,1-2H3,(H,21,22). The van der Waals surface area contributed by atoms with Crippen LogP contribution in [0, 0.1) is 0 Å². The predicted octanol–water partition coefficient (Wildman–Crippen LogP) is 4.10. The molecular weight excluding hydrogens is 342 g/mol. The van der Waals surface area contributed by atoms with Crippen molar-refractivity contribution in [1.29, 1.82) is 0 Å². The van der Waals surface area contributed by atoms with Crippen molar-refractivity contribution in [1.82, 2.24) is 0 Å². The van der Waals surface area contributed by atoms with E-state index in [4.69, 9.17) is 21.1 Å². The van der Waals surface area contributed by atoms with Gasteiger partial charge in [-0.15, -0.1) is 0 Å². The van der Waals surface area contributed by atoms with Crippen LogP contribution in [0.5, 0.6) is 5.75 Å². The van der Waals surface area contributed by atoms with Crippen LogP contribution in [0.2, 0.25) is 5.02 Å². The molecule has 2 aromatic carbocycles. The smallest absolute Gasteiger partial charge is 0.339 e. The van der Waals surface area contributed by atoms with E-state index in [0.29, 0.717) is 11.4 Å². The van der Waals surface area contributed by atoms with Crippen LogP contribution in [0.1, 0.15) is 29.8 Å². The summed E-state index contributed by atoms with van der Waals surface area (Å²) in [5.41, 5.74) is 1.94. The molecule has 0 heterocycles. The highest BCUT2D eigenvalue weighted by Crippen LogP contribution is 2.22. The zero-order chi connectivity index (χ0) is 18.2. The molecule has 0 saturated carbocycles. The van der Waals surface area contributed by atoms with Gasteiger partial charge >= 0.3 is 5.97 Å². The van der Waals surface area contributed by atoms with Crippen molar-refractivity contribution in [3.8, 4) is 5.75 Å². The number of carbonyl (C=O) groups excluding carboxylic acids is 2. The van der Waals surface area contributed by atoms with Crippen LogP contribution in [0.4, 0.5) is 5.69 Å². The van der Waals surface area contributed by atoms with Crippen molar-refractivity contribution >= 4 is 29.2 Å². The molecule has 0 aliphatic carbocycles. The lowest BCUT2D eigenvalue weighted by Gasteiger charge is -2.10. The lowest BCUT2D eigenvalue weighted by atomic mass is 10.2. The third-order valence-electron chi connectivity index (χ3n) is 3.45. The van der Waals surface area contributed by atoms with Crippen molar-refractivity contribution < 1.29 is 19.1 Å². The summed E-state index contributed by atoms with van der Waals surface area (Å²) in [6.45, 7) is 3.94. The molecular formula is C19H20ClNO4. The number of rotatable bonds is 7. The molecule has 1 N–H and O–H groups in total. The molecule has 0 radical (unpaired) electrons. The molecule has 5 nitrogen and oxygen atoms in total. The molecule has 0 aromatic heterocycles. The lowest BCUT2D eigenvalue weighted by Crippen LogP contribution is -2.20. The summed E-state index contributed by atoms with van der Waals surface area (Å²) >= 11 is 6.06. The summed E-state index contributed by atoms with van der Waals surface area (Å²) in [5.74, 6) is -0.188. The molecule has 0 aliphatic heterocycles. The van der Waals surface area contributed by atoms with Crippen LogP contribution in [0.15, 0.2) is 42.5 Å². The molecule has 0 atom stereocenters. The Morgan fingerprint density at radius 1 is 1.08 bits per heavy atom. The summed E-state index contributed by atoms with van der Waals surface area (Å²) in [6.07, 6.45) is 0.948. The van der Waals surface area contributed by atoms with E-state index in [1.54, 1.807) is 13.0 Å². The molecule has 0 saturated heterocycles. The highest BCUT2D eigenvalue weighted by atomic mass is 35.5. The number of amides is 1. The molecule has 0 spiro atoms. The molecule has 2 aromatic rings. The number of hydrogen-bond acceptors (Lipinski definition) is 4. The van der Waals surface area contributed by atoms with Gasteiger partial charge in [-0.3, -0.25) is 4.79 Å². The number of hydrogen-bond donors (Lipinski definition) is 1. The van der Waals surface area contributed by atoms with Gasteiger partial charge in [0.2, 0.25) is 0 Å². The number of carbonyl (C=O) groups is 2. The Balaban J connectivity index is 1.91. The number of benzene rings is 2. The first-order valence-electron chi connectivity index (χ1n) is 8.01. The molecule has 0 fully saturated rings. The van der Waals surface area contributed by atoms with E-state index >= 15 is 0 Å². The molecule has 25 heavy (non-hydrogen) atoms. The fourth-order valence-corrected chi connectivity index (χ4v) is 2.39. The van der Waals surface area contributed by atoms with Gasteiger partial charge in [-0.25, -0.2) is 4.79 Å². The minimum Gasteiger partial charge on any atom is -0.484 e. The normalized spacial score (nSPS) is 10.2. The summed E-state index contributed by atoms with van der Waals surface area (Å²) < 4.78 is 10.3. The van der Waals surface area contributed by atoms with E-state index in [2.05, 4.69) is 12.2 Å². The van der Waals surface area contributed by atoms with Gasteiger partial charge in [0.1, 0.15) is 5.75 Å². The third-order valence-corrected chi connectivity index (χ3v) is 3.76. The van der Waals surface area contributed by atoms with Crippen molar-refractivity contribution in [3.05, 3.63) is 58.6 Å². The van der Waals surface area contributed by atoms with Gasteiger partial charge in [0.15, 0.2) is 6.61 Å². The Labute approximate surface area is 151 Å². The topological polar surface area (TPSA) is 64.6 Å². The maximum absolute atomic E-state index is 12.0. The third kappa shape index (κ3) is 5.50. The van der Waals surface area contributed by atoms with Gasteiger partial charge in [-0.2, -0.15) is 0 Å². The second kappa shape index (κ2) is 9.08. The molecule has 0 bridgehead atoms. The lowest BCUT2D eigenvalue weighted by molar-refractivity contribution is -0.118. The fourth-order valence-electron chi connectivity index (χ4n) is 2.13. The first kappa shape index (κ1) is 18.8. The molecule has 1 amide bonds. The fraction of sp³-hybridized carbons (Fsp3) is 0.263. The van der Waals surface area contributed by atoms with Gasteiger partial charge in [-0.05, 0) is 49.2 Å². The minimum atomic E-state index is -0.496. The van der Waals surface area contributed by atoms with E-state index < -0.39 is 5.97 Å². The van der Waals surface area contributed by atoms with Crippen LogP contribution >= 0.6 is 11.6 Å². The number of halogens is 1. The second-order valence-corrected chi connectivity index (χ2v) is 5.66. The van der Waals surface area contributed by atoms with Gasteiger partial charge < -0.3 is 14.8 Å². The highest BCUT2D eigenvalue weighted by Gasteiger charge is 2.12. The monoisotopic (exact) mass is 361 g/mol. The largest absolute Gasteiger partial charge is 0.484 e. The first-order valence-corrected chi connectivity index (χ1v) is 8.39. The summed E-state index contributed by atoms with van der Waals surface area (Å²) in [4.78, 5) is 23.7. The zero-order valence-electron chi connectivity index (χ0n) is 14.2. The molecule has 6 heteroatoms. The van der Waals surface area contributed by atoms with E-state index in [1.165, 1.54) is 17.7 Å². The van der Waals surface area contributed by atoms with Crippen molar-refractivity contribution in [3.63, 3.8) is 0 Å². The quantitative estimate of drug-likeness (QED) is 0.754. The average Bonchev–Trinajstić information content (AvgIpc) is 2.60. The molecule has 132 valence electrons. The maximum Gasteiger partial charge on any atom is 0.339 e. The van der Waals surface area contributed by atoms with Crippen LogP contribution in [-0.2, 0) is 16.0 Å². The van der Waals surface area contributed by atoms with Gasteiger partial charge in [0, 0.05) is 5.69 Å². The van der Waals surface area contributed by atoms with Crippen LogP contribution in [0.3, 0.4) is 0 Å². The number of ether oxygens (including phenoxy) is 2. The second-order valence-electron chi connectivity index (χ2n) is 5.25. The SMILES string of the molecule is CCOC(=O)c1ccc(NC(=O)COc2ccc(CC)cc2)cc1Cl. The van der Waals surface area contributed by atoms with Gasteiger partial charge in [0.25, 0.3) is 5.91 Å². The Bertz CT molecular complexity index is 744. The van der Waals surface area contributed by atoms with Crippen molar-refractivity contribution in [2.75, 3.05) is 18.5 Å². The first-order chi connectivity index (χ1) is 12.0. The highest BCUT2D eigenvalue weighted by molar-refractivity contribution is 6.34. The van der Waals surface area contributed by atoms with E-state index in [9.17, 15) is 9.59 Å². The van der Waals surface area contributed by atoms with E-state index in [-0.39, 0.29) is 29.7 Å². The van der Waals surface area contributed by atoms with Gasteiger partial charge in [-0.1, -0.05) is 30.7 Å². The Morgan fingerprint density at radius 2 is 1.80 bits per heavy atom. The number of anilines is 1. The Hall–Kier alpha value is -2.53. The molecule has 2 rings (SSSR count). The summed E-state index contributed by atoms with van der Waals surface area (Å²) in [6, 6.07) is 12.2. The minimum absolute atomic E-state index is 0.122. The van der Waals surface area contributed by atoms with Gasteiger partial charge in [0.05, 0.1) is 17.2 Å². The molecule has 0 aliphatic rings. The maximum atomic E-state index is 12.0. The Morgan fingerprint density at radius 3 is 2.40 bits per heavy atom. The number of nitrogens with one attached hydrogen (secondary N) is 1. The van der Waals surface area contributed by atoms with Crippen LogP contribution in [0.25, 0.3) is 0 Å². The van der Waals surface area contributed by atoms with Crippen molar-refractivity contribution in [2.45, 2.75) is 20.3 Å². The molecule has 0 unspecified atom stereocenters. The van der Waals surface area contributed by atoms with E-state index in [0.717, 1.165) is 6.42 Å². The zero-order valence-corrected chi connectivity index (χ0v) is 14.9. The number of aryl methyl sites for hydroxylation is 1. The van der Waals surface area contributed by atoms with Crippen molar-refractivity contribution in [2.24, 2.45) is 0 Å². The van der Waals surface area contributed by atoms with E-state index in [1.807, 2.05) is 24.3 Å². The average molecular weight is 362 g/mol. The Kier molecular flexibility index (Phi) is 6.83. The van der Waals surface area contributed by atoms with Crippen LogP contribution < -0.4 is 10.1 Å². The summed E-state index contributed by atoms with van der Waals surface area (Å²) in [7, 11) is 0. The predicted molar refractivity (Wildman–Crippen MR) is 97.4 cm³/mol. The number of esters is 1. The van der Waals surface area contributed by atoms with Crippen LogP contribution in [-0.4, -0.2) is 25.1 Å². The summed E-state index contributed by atoms with van der Waals surface area (Å²) in [5, 5.41) is 2.89.